The molecule has 1 N–H and O–H groups in total. The average Bonchev–Trinajstić information content (AvgIpc) is 2.42. The summed E-state index contributed by atoms with van der Waals surface area (Å²) < 4.78 is 14.4. The summed E-state index contributed by atoms with van der Waals surface area (Å²) in [5.74, 6) is 0.474. The quantitative estimate of drug-likeness (QED) is 0.802. The molecule has 0 bridgehead atoms. The summed E-state index contributed by atoms with van der Waals surface area (Å²) in [6.45, 7) is 2.10. The summed E-state index contributed by atoms with van der Waals surface area (Å²) in [7, 11) is 0. The third-order valence-electron chi connectivity index (χ3n) is 4.29. The van der Waals surface area contributed by atoms with Crippen molar-refractivity contribution in [1.29, 1.82) is 0 Å². The normalized spacial score (nSPS) is 22.6. The Morgan fingerprint density at radius 1 is 1.14 bits per heavy atom. The van der Waals surface area contributed by atoms with E-state index >= 15 is 0 Å². The predicted octanol–water partition coefficient (Wildman–Crippen LogP) is 5.19. The van der Waals surface area contributed by atoms with Gasteiger partial charge in [0.25, 0.3) is 0 Å². The van der Waals surface area contributed by atoms with Crippen LogP contribution in [0.1, 0.15) is 42.9 Å². The lowest BCUT2D eigenvalue weighted by Crippen LogP contribution is -2.41. The van der Waals surface area contributed by atoms with Crippen LogP contribution in [0.15, 0.2) is 53.0 Å². The number of hydrogen-bond acceptors (Lipinski definition) is 1. The van der Waals surface area contributed by atoms with Gasteiger partial charge in [0.05, 0.1) is 0 Å². The van der Waals surface area contributed by atoms with Crippen LogP contribution in [-0.4, -0.2) is 6.04 Å². The number of benzene rings is 2. The largest absolute Gasteiger partial charge is 0.307 e. The summed E-state index contributed by atoms with van der Waals surface area (Å²) in [4.78, 5) is 0. The van der Waals surface area contributed by atoms with Crippen LogP contribution in [0.2, 0.25) is 0 Å². The zero-order valence-corrected chi connectivity index (χ0v) is 13.6. The maximum absolute atomic E-state index is 13.2. The van der Waals surface area contributed by atoms with Crippen molar-refractivity contribution in [2.24, 2.45) is 0 Å². The molecule has 0 unspecified atom stereocenters. The van der Waals surface area contributed by atoms with Gasteiger partial charge >= 0.3 is 0 Å². The van der Waals surface area contributed by atoms with Gasteiger partial charge < -0.3 is 5.32 Å². The van der Waals surface area contributed by atoms with Gasteiger partial charge in [-0.05, 0) is 61.1 Å². The predicted molar refractivity (Wildman–Crippen MR) is 87.9 cm³/mol. The molecule has 0 saturated heterocycles. The maximum atomic E-state index is 13.2. The molecule has 3 rings (SSSR count). The van der Waals surface area contributed by atoms with Crippen LogP contribution >= 0.6 is 15.9 Å². The summed E-state index contributed by atoms with van der Waals surface area (Å²) >= 11 is 3.53. The molecule has 1 fully saturated rings. The highest BCUT2D eigenvalue weighted by Gasteiger charge is 2.31. The Morgan fingerprint density at radius 3 is 2.62 bits per heavy atom. The first-order valence-corrected chi connectivity index (χ1v) is 8.18. The first kappa shape index (κ1) is 14.7. The van der Waals surface area contributed by atoms with Gasteiger partial charge in [0, 0.05) is 16.6 Å². The Bertz CT molecular complexity index is 622. The SMILES string of the molecule is C[C@H](NC1CC(c2cccc(Br)c2)C1)c1cccc(F)c1. The average molecular weight is 348 g/mol. The second-order valence-corrected chi connectivity index (χ2v) is 6.78. The Balaban J connectivity index is 1.55. The van der Waals surface area contributed by atoms with E-state index in [-0.39, 0.29) is 11.9 Å². The van der Waals surface area contributed by atoms with Crippen LogP contribution in [0.4, 0.5) is 4.39 Å². The molecule has 1 aliphatic rings. The molecule has 0 aromatic heterocycles. The smallest absolute Gasteiger partial charge is 0.123 e. The lowest BCUT2D eigenvalue weighted by Gasteiger charge is -2.38. The Morgan fingerprint density at radius 2 is 1.90 bits per heavy atom. The minimum absolute atomic E-state index is 0.165. The van der Waals surface area contributed by atoms with Crippen molar-refractivity contribution in [3.8, 4) is 0 Å². The van der Waals surface area contributed by atoms with Crippen molar-refractivity contribution in [3.05, 3.63) is 69.9 Å². The standard InChI is InChI=1S/C18H19BrFN/c1-12(13-4-3-7-17(20)9-13)21-18-10-15(11-18)14-5-2-6-16(19)8-14/h2-9,12,15,18,21H,10-11H2,1H3/t12-,15?,18?/m0/s1. The number of halogens is 2. The summed E-state index contributed by atoms with van der Waals surface area (Å²) in [5, 5.41) is 3.60. The molecule has 110 valence electrons. The van der Waals surface area contributed by atoms with E-state index in [1.807, 2.05) is 6.07 Å². The van der Waals surface area contributed by atoms with Gasteiger partial charge in [-0.3, -0.25) is 0 Å². The highest BCUT2D eigenvalue weighted by molar-refractivity contribution is 9.10. The Labute approximate surface area is 133 Å². The lowest BCUT2D eigenvalue weighted by molar-refractivity contribution is 0.270. The molecule has 0 amide bonds. The summed E-state index contributed by atoms with van der Waals surface area (Å²) in [6.07, 6.45) is 2.30. The van der Waals surface area contributed by atoms with Crippen molar-refractivity contribution in [1.82, 2.24) is 5.32 Å². The van der Waals surface area contributed by atoms with Crippen LogP contribution < -0.4 is 5.32 Å². The molecule has 1 aliphatic carbocycles. The highest BCUT2D eigenvalue weighted by Crippen LogP contribution is 2.38. The molecule has 1 nitrogen and oxygen atoms in total. The minimum Gasteiger partial charge on any atom is -0.307 e. The van der Waals surface area contributed by atoms with Crippen molar-refractivity contribution in [2.45, 2.75) is 37.8 Å². The van der Waals surface area contributed by atoms with Crippen molar-refractivity contribution < 1.29 is 4.39 Å². The van der Waals surface area contributed by atoms with E-state index in [0.29, 0.717) is 12.0 Å². The molecule has 0 heterocycles. The molecule has 21 heavy (non-hydrogen) atoms. The van der Waals surface area contributed by atoms with Gasteiger partial charge in [-0.1, -0.05) is 40.2 Å². The molecule has 2 aromatic rings. The third-order valence-corrected chi connectivity index (χ3v) is 4.79. The van der Waals surface area contributed by atoms with Gasteiger partial charge in [0.15, 0.2) is 0 Å². The number of hydrogen-bond donors (Lipinski definition) is 1. The molecule has 1 saturated carbocycles. The Kier molecular flexibility index (Phi) is 4.41. The molecule has 0 radical (unpaired) electrons. The van der Waals surface area contributed by atoms with Crippen LogP contribution in [0, 0.1) is 5.82 Å². The van der Waals surface area contributed by atoms with Crippen molar-refractivity contribution >= 4 is 15.9 Å². The van der Waals surface area contributed by atoms with Gasteiger partial charge in [-0.15, -0.1) is 0 Å². The summed E-state index contributed by atoms with van der Waals surface area (Å²) in [6, 6.07) is 16.1. The third kappa shape index (κ3) is 3.53. The first-order chi connectivity index (χ1) is 10.1. The monoisotopic (exact) mass is 347 g/mol. The number of nitrogens with one attached hydrogen (secondary N) is 1. The van der Waals surface area contributed by atoms with E-state index in [1.54, 1.807) is 12.1 Å². The second kappa shape index (κ2) is 6.29. The fourth-order valence-corrected chi connectivity index (χ4v) is 3.43. The molecular formula is C18H19BrFN. The van der Waals surface area contributed by atoms with E-state index < -0.39 is 0 Å². The van der Waals surface area contributed by atoms with Gasteiger partial charge in [0.2, 0.25) is 0 Å². The topological polar surface area (TPSA) is 12.0 Å². The molecule has 1 atom stereocenters. The van der Waals surface area contributed by atoms with Crippen LogP contribution in [0.5, 0.6) is 0 Å². The van der Waals surface area contributed by atoms with E-state index in [4.69, 9.17) is 0 Å². The Hall–Kier alpha value is -1.19. The molecule has 2 aromatic carbocycles. The van der Waals surface area contributed by atoms with Crippen LogP contribution in [0.25, 0.3) is 0 Å². The summed E-state index contributed by atoms with van der Waals surface area (Å²) in [5.41, 5.74) is 2.42. The molecular weight excluding hydrogens is 329 g/mol. The van der Waals surface area contributed by atoms with E-state index in [9.17, 15) is 4.39 Å². The lowest BCUT2D eigenvalue weighted by atomic mass is 9.75. The highest BCUT2D eigenvalue weighted by atomic mass is 79.9. The fourth-order valence-electron chi connectivity index (χ4n) is 3.01. The number of rotatable bonds is 4. The first-order valence-electron chi connectivity index (χ1n) is 7.39. The van der Waals surface area contributed by atoms with Gasteiger partial charge in [-0.25, -0.2) is 4.39 Å². The van der Waals surface area contributed by atoms with Crippen molar-refractivity contribution in [2.75, 3.05) is 0 Å². The zero-order chi connectivity index (χ0) is 14.8. The van der Waals surface area contributed by atoms with Gasteiger partial charge in [-0.2, -0.15) is 0 Å². The van der Waals surface area contributed by atoms with Crippen LogP contribution in [-0.2, 0) is 0 Å². The van der Waals surface area contributed by atoms with E-state index in [0.717, 1.165) is 22.9 Å². The van der Waals surface area contributed by atoms with E-state index in [1.165, 1.54) is 11.6 Å². The van der Waals surface area contributed by atoms with Crippen LogP contribution in [0.3, 0.4) is 0 Å². The molecule has 0 aliphatic heterocycles. The van der Waals surface area contributed by atoms with Crippen molar-refractivity contribution in [3.63, 3.8) is 0 Å². The molecule has 0 spiro atoms. The van der Waals surface area contributed by atoms with E-state index in [2.05, 4.69) is 52.4 Å². The fraction of sp³-hybridized carbons (Fsp3) is 0.333. The van der Waals surface area contributed by atoms with Gasteiger partial charge in [0.1, 0.15) is 5.82 Å². The maximum Gasteiger partial charge on any atom is 0.123 e. The zero-order valence-electron chi connectivity index (χ0n) is 12.0. The minimum atomic E-state index is -0.165. The second-order valence-electron chi connectivity index (χ2n) is 5.86. The molecule has 3 heteroatoms.